The molecule has 0 spiro atoms. The minimum absolute atomic E-state index is 0.680. The van der Waals surface area contributed by atoms with Crippen LogP contribution >= 0.6 is 0 Å². The van der Waals surface area contributed by atoms with Gasteiger partial charge in [0.05, 0.1) is 24.6 Å². The molecule has 3 aromatic rings. The molecule has 5 rings (SSSR count). The molecule has 0 saturated carbocycles. The molecule has 0 aliphatic carbocycles. The van der Waals surface area contributed by atoms with Gasteiger partial charge in [-0.1, -0.05) is 37.3 Å². The maximum atomic E-state index is 5.42. The number of piperazine rings is 1. The van der Waals surface area contributed by atoms with Crippen molar-refractivity contribution >= 4 is 22.2 Å². The van der Waals surface area contributed by atoms with E-state index in [1.54, 1.807) is 0 Å². The summed E-state index contributed by atoms with van der Waals surface area (Å²) >= 11 is 0. The number of aromatic nitrogens is 2. The summed E-state index contributed by atoms with van der Waals surface area (Å²) in [7, 11) is 0. The van der Waals surface area contributed by atoms with E-state index in [0.717, 1.165) is 68.5 Å². The van der Waals surface area contributed by atoms with Gasteiger partial charge in [-0.3, -0.25) is 4.98 Å². The number of fused-ring (bicyclic) bond motifs is 1. The number of hydrogen-bond donors (Lipinski definition) is 0. The SMILES string of the molecule is CCN1CCN(c2nc(-c3ccc(C4=CCOCC4)nc3)cc3ccccc23)CC1. The van der Waals surface area contributed by atoms with E-state index in [0.29, 0.717) is 6.61 Å². The normalized spacial score (nSPS) is 17.9. The Labute approximate surface area is 178 Å². The van der Waals surface area contributed by atoms with Gasteiger partial charge >= 0.3 is 0 Å². The Hall–Kier alpha value is -2.76. The summed E-state index contributed by atoms with van der Waals surface area (Å²) in [5.74, 6) is 1.09. The topological polar surface area (TPSA) is 41.5 Å². The zero-order valence-corrected chi connectivity index (χ0v) is 17.6. The van der Waals surface area contributed by atoms with E-state index >= 15 is 0 Å². The predicted molar refractivity (Wildman–Crippen MR) is 123 cm³/mol. The molecule has 0 amide bonds. The molecule has 0 N–H and O–H groups in total. The molecule has 1 saturated heterocycles. The van der Waals surface area contributed by atoms with E-state index in [1.807, 2.05) is 6.20 Å². The number of benzene rings is 1. The average Bonchev–Trinajstić information content (AvgIpc) is 2.84. The highest BCUT2D eigenvalue weighted by molar-refractivity contribution is 5.95. The van der Waals surface area contributed by atoms with E-state index in [-0.39, 0.29) is 0 Å². The molecular formula is C25H28N4O. The fourth-order valence-electron chi connectivity index (χ4n) is 4.34. The number of anilines is 1. The predicted octanol–water partition coefficient (Wildman–Crippen LogP) is 4.24. The first-order valence-electron chi connectivity index (χ1n) is 10.9. The van der Waals surface area contributed by atoms with E-state index < -0.39 is 0 Å². The number of rotatable bonds is 4. The smallest absolute Gasteiger partial charge is 0.137 e. The number of likely N-dealkylation sites (N-methyl/N-ethyl adjacent to an activating group) is 1. The molecule has 154 valence electrons. The van der Waals surface area contributed by atoms with Gasteiger partial charge in [0.15, 0.2) is 0 Å². The summed E-state index contributed by atoms with van der Waals surface area (Å²) < 4.78 is 5.42. The first-order valence-corrected chi connectivity index (χ1v) is 10.9. The van der Waals surface area contributed by atoms with Crippen LogP contribution in [0.3, 0.4) is 0 Å². The lowest BCUT2D eigenvalue weighted by Crippen LogP contribution is -2.46. The highest BCUT2D eigenvalue weighted by atomic mass is 16.5. The van der Waals surface area contributed by atoms with Crippen LogP contribution in [0.4, 0.5) is 5.82 Å². The third-order valence-corrected chi connectivity index (χ3v) is 6.19. The molecule has 0 bridgehead atoms. The monoisotopic (exact) mass is 400 g/mol. The summed E-state index contributed by atoms with van der Waals surface area (Å²) in [6.07, 6.45) is 5.02. The first kappa shape index (κ1) is 19.2. The lowest BCUT2D eigenvalue weighted by atomic mass is 10.0. The van der Waals surface area contributed by atoms with Crippen LogP contribution in [0.2, 0.25) is 0 Å². The quantitative estimate of drug-likeness (QED) is 0.655. The zero-order valence-electron chi connectivity index (χ0n) is 17.6. The summed E-state index contributed by atoms with van der Waals surface area (Å²) in [5.41, 5.74) is 4.36. The van der Waals surface area contributed by atoms with Crippen molar-refractivity contribution in [1.82, 2.24) is 14.9 Å². The third kappa shape index (κ3) is 3.83. The molecule has 5 nitrogen and oxygen atoms in total. The molecule has 2 aromatic heterocycles. The maximum absolute atomic E-state index is 5.42. The molecule has 1 aromatic carbocycles. The molecule has 0 atom stereocenters. The highest BCUT2D eigenvalue weighted by Gasteiger charge is 2.20. The van der Waals surface area contributed by atoms with Crippen molar-refractivity contribution < 1.29 is 4.74 Å². The Bertz CT molecular complexity index is 1050. The minimum atomic E-state index is 0.680. The Morgan fingerprint density at radius 3 is 2.60 bits per heavy atom. The van der Waals surface area contributed by atoms with Gasteiger partial charge in [0.2, 0.25) is 0 Å². The number of ether oxygens (including phenoxy) is 1. The largest absolute Gasteiger partial charge is 0.377 e. The van der Waals surface area contributed by atoms with Crippen molar-refractivity contribution in [3.8, 4) is 11.3 Å². The van der Waals surface area contributed by atoms with Gasteiger partial charge in [-0.05, 0) is 42.1 Å². The number of pyridine rings is 2. The Morgan fingerprint density at radius 1 is 1.00 bits per heavy atom. The second kappa shape index (κ2) is 8.54. The number of nitrogens with zero attached hydrogens (tertiary/aromatic N) is 4. The van der Waals surface area contributed by atoms with Crippen molar-refractivity contribution in [2.75, 3.05) is 50.8 Å². The van der Waals surface area contributed by atoms with Crippen LogP contribution in [0.25, 0.3) is 27.6 Å². The summed E-state index contributed by atoms with van der Waals surface area (Å²) in [5, 5.41) is 2.45. The van der Waals surface area contributed by atoms with E-state index in [4.69, 9.17) is 14.7 Å². The molecule has 2 aliphatic rings. The van der Waals surface area contributed by atoms with E-state index in [2.05, 4.69) is 65.3 Å². The van der Waals surface area contributed by atoms with Crippen LogP contribution in [-0.4, -0.2) is 60.8 Å². The third-order valence-electron chi connectivity index (χ3n) is 6.19. The van der Waals surface area contributed by atoms with Crippen molar-refractivity contribution in [1.29, 1.82) is 0 Å². The van der Waals surface area contributed by atoms with Crippen molar-refractivity contribution in [3.05, 3.63) is 60.4 Å². The molecule has 5 heteroatoms. The average molecular weight is 401 g/mol. The lowest BCUT2D eigenvalue weighted by Gasteiger charge is -2.35. The molecule has 30 heavy (non-hydrogen) atoms. The fraction of sp³-hybridized carbons (Fsp3) is 0.360. The number of hydrogen-bond acceptors (Lipinski definition) is 5. The van der Waals surface area contributed by atoms with Crippen LogP contribution in [0.15, 0.2) is 54.7 Å². The van der Waals surface area contributed by atoms with Gasteiger partial charge in [-0.25, -0.2) is 4.98 Å². The van der Waals surface area contributed by atoms with Gasteiger partial charge in [-0.2, -0.15) is 0 Å². The van der Waals surface area contributed by atoms with Gasteiger partial charge in [0.25, 0.3) is 0 Å². The fourth-order valence-corrected chi connectivity index (χ4v) is 4.34. The second-order valence-corrected chi connectivity index (χ2v) is 7.96. The van der Waals surface area contributed by atoms with E-state index in [9.17, 15) is 0 Å². The van der Waals surface area contributed by atoms with Gasteiger partial charge in [0.1, 0.15) is 5.82 Å². The van der Waals surface area contributed by atoms with E-state index in [1.165, 1.54) is 16.3 Å². The molecule has 1 fully saturated rings. The van der Waals surface area contributed by atoms with Crippen LogP contribution in [0.5, 0.6) is 0 Å². The van der Waals surface area contributed by atoms with Crippen LogP contribution in [0, 0.1) is 0 Å². The lowest BCUT2D eigenvalue weighted by molar-refractivity contribution is 0.161. The maximum Gasteiger partial charge on any atom is 0.137 e. The molecule has 0 unspecified atom stereocenters. The minimum Gasteiger partial charge on any atom is -0.377 e. The Balaban J connectivity index is 1.50. The molecule has 0 radical (unpaired) electrons. The van der Waals surface area contributed by atoms with Crippen molar-refractivity contribution in [2.45, 2.75) is 13.3 Å². The van der Waals surface area contributed by atoms with Crippen LogP contribution in [0.1, 0.15) is 19.0 Å². The van der Waals surface area contributed by atoms with Gasteiger partial charge in [0, 0.05) is 43.3 Å². The molecule has 2 aliphatic heterocycles. The van der Waals surface area contributed by atoms with Crippen LogP contribution < -0.4 is 4.90 Å². The Kier molecular flexibility index (Phi) is 5.47. The summed E-state index contributed by atoms with van der Waals surface area (Å²) in [6, 6.07) is 15.0. The molecular weight excluding hydrogens is 372 g/mol. The Morgan fingerprint density at radius 2 is 1.87 bits per heavy atom. The second-order valence-electron chi connectivity index (χ2n) is 7.96. The first-order chi connectivity index (χ1) is 14.8. The van der Waals surface area contributed by atoms with Crippen molar-refractivity contribution in [3.63, 3.8) is 0 Å². The summed E-state index contributed by atoms with van der Waals surface area (Å²) in [6.45, 7) is 9.01. The standard InChI is InChI=1S/C25H28N4O/c1-2-28-11-13-29(14-12-28)25-22-6-4-3-5-20(22)17-24(27-25)21-7-8-23(26-18-21)19-9-15-30-16-10-19/h3-9,17-18H,2,10-16H2,1H3. The van der Waals surface area contributed by atoms with Gasteiger partial charge < -0.3 is 14.5 Å². The molecule has 4 heterocycles. The van der Waals surface area contributed by atoms with Gasteiger partial charge in [-0.15, -0.1) is 0 Å². The summed E-state index contributed by atoms with van der Waals surface area (Å²) in [4.78, 5) is 14.8. The van der Waals surface area contributed by atoms with Crippen molar-refractivity contribution in [2.24, 2.45) is 0 Å². The highest BCUT2D eigenvalue weighted by Crippen LogP contribution is 2.31. The van der Waals surface area contributed by atoms with Crippen LogP contribution in [-0.2, 0) is 4.74 Å². The zero-order chi connectivity index (χ0) is 20.3.